The highest BCUT2D eigenvalue weighted by Crippen LogP contribution is 2.21. The Labute approximate surface area is 87.7 Å². The Morgan fingerprint density at radius 3 is 2.50 bits per heavy atom. The van der Waals surface area contributed by atoms with Crippen molar-refractivity contribution in [2.75, 3.05) is 0 Å². The molecule has 2 rings (SSSR count). The molecule has 0 unspecified atom stereocenters. The average Bonchev–Trinajstić information content (AvgIpc) is 2.25. The molecule has 2 aromatic rings. The average molecular weight is 228 g/mol. The van der Waals surface area contributed by atoms with Crippen LogP contribution in [0.3, 0.4) is 0 Å². The van der Waals surface area contributed by atoms with E-state index < -0.39 is 23.0 Å². The number of hydrogen-bond donors (Lipinski definition) is 2. The van der Waals surface area contributed by atoms with Crippen LogP contribution in [0.4, 0.5) is 13.2 Å². The van der Waals surface area contributed by atoms with Crippen LogP contribution >= 0.6 is 0 Å². The van der Waals surface area contributed by atoms with Crippen molar-refractivity contribution in [3.63, 3.8) is 0 Å². The number of benzene rings is 1. The number of H-pyrrole nitrogens is 1. The lowest BCUT2D eigenvalue weighted by atomic mass is 10.1. The molecule has 6 heteroatoms. The molecule has 0 atom stereocenters. The van der Waals surface area contributed by atoms with Crippen LogP contribution < -0.4 is 11.3 Å². The van der Waals surface area contributed by atoms with Crippen LogP contribution in [-0.4, -0.2) is 4.98 Å². The number of halogens is 3. The van der Waals surface area contributed by atoms with Gasteiger partial charge in [-0.15, -0.1) is 0 Å². The molecular formula is C10H7F3N2O. The first kappa shape index (κ1) is 10.7. The lowest BCUT2D eigenvalue weighted by Gasteiger charge is -2.04. The van der Waals surface area contributed by atoms with Gasteiger partial charge in [0.1, 0.15) is 5.82 Å². The van der Waals surface area contributed by atoms with Gasteiger partial charge < -0.3 is 10.7 Å². The molecule has 0 aliphatic heterocycles. The van der Waals surface area contributed by atoms with Gasteiger partial charge in [-0.25, -0.2) is 13.2 Å². The second-order valence-corrected chi connectivity index (χ2v) is 3.27. The highest BCUT2D eigenvalue weighted by molar-refractivity contribution is 5.80. The Morgan fingerprint density at radius 2 is 1.88 bits per heavy atom. The zero-order valence-electron chi connectivity index (χ0n) is 7.98. The summed E-state index contributed by atoms with van der Waals surface area (Å²) < 4.78 is 39.5. The summed E-state index contributed by atoms with van der Waals surface area (Å²) in [6.07, 6.45) is 0. The molecule has 16 heavy (non-hydrogen) atoms. The SMILES string of the molecule is NCc1cc2c(F)c(F)cc(F)c2[nH]c1=O. The summed E-state index contributed by atoms with van der Waals surface area (Å²) in [5.41, 5.74) is 4.33. The molecule has 0 aliphatic carbocycles. The summed E-state index contributed by atoms with van der Waals surface area (Å²) >= 11 is 0. The lowest BCUT2D eigenvalue weighted by molar-refractivity contribution is 0.505. The molecule has 3 N–H and O–H groups in total. The van der Waals surface area contributed by atoms with E-state index >= 15 is 0 Å². The van der Waals surface area contributed by atoms with Crippen molar-refractivity contribution in [1.29, 1.82) is 0 Å². The number of rotatable bonds is 1. The fourth-order valence-electron chi connectivity index (χ4n) is 1.46. The number of nitrogens with one attached hydrogen (secondary N) is 1. The summed E-state index contributed by atoms with van der Waals surface area (Å²) in [4.78, 5) is 13.4. The van der Waals surface area contributed by atoms with E-state index in [2.05, 4.69) is 4.98 Å². The van der Waals surface area contributed by atoms with Crippen molar-refractivity contribution in [3.05, 3.63) is 45.5 Å². The van der Waals surface area contributed by atoms with E-state index in [9.17, 15) is 18.0 Å². The summed E-state index contributed by atoms with van der Waals surface area (Å²) in [6.45, 7) is -0.136. The maximum Gasteiger partial charge on any atom is 0.253 e. The molecule has 0 spiro atoms. The maximum atomic E-state index is 13.3. The van der Waals surface area contributed by atoms with Gasteiger partial charge in [0.15, 0.2) is 11.6 Å². The van der Waals surface area contributed by atoms with Crippen LogP contribution in [0, 0.1) is 17.5 Å². The van der Waals surface area contributed by atoms with Crippen molar-refractivity contribution in [1.82, 2.24) is 4.98 Å². The first-order valence-corrected chi connectivity index (χ1v) is 4.44. The number of fused-ring (bicyclic) bond motifs is 1. The Balaban J connectivity index is 2.96. The number of aromatic nitrogens is 1. The second-order valence-electron chi connectivity index (χ2n) is 3.27. The van der Waals surface area contributed by atoms with E-state index in [1.54, 1.807) is 0 Å². The molecule has 0 radical (unpaired) electrons. The highest BCUT2D eigenvalue weighted by atomic mass is 19.2. The molecular weight excluding hydrogens is 221 g/mol. The predicted molar refractivity (Wildman–Crippen MR) is 52.3 cm³/mol. The quantitative estimate of drug-likeness (QED) is 0.725. The maximum absolute atomic E-state index is 13.3. The topological polar surface area (TPSA) is 58.9 Å². The molecule has 0 fully saturated rings. The minimum Gasteiger partial charge on any atom is -0.326 e. The molecule has 0 bridgehead atoms. The molecule has 84 valence electrons. The van der Waals surface area contributed by atoms with E-state index in [1.165, 1.54) is 0 Å². The number of pyridine rings is 1. The molecule has 1 aromatic carbocycles. The minimum atomic E-state index is -1.31. The third-order valence-electron chi connectivity index (χ3n) is 2.28. The Morgan fingerprint density at radius 1 is 1.19 bits per heavy atom. The molecule has 3 nitrogen and oxygen atoms in total. The zero-order chi connectivity index (χ0) is 11.9. The predicted octanol–water partition coefficient (Wildman–Crippen LogP) is 1.40. The standard InChI is InChI=1S/C10H7F3N2O/c11-6-2-7(12)9-5(8(6)13)1-4(3-14)10(16)15-9/h1-2H,3,14H2,(H,15,16). The van der Waals surface area contributed by atoms with Gasteiger partial charge in [0, 0.05) is 23.6 Å². The monoisotopic (exact) mass is 228 g/mol. The van der Waals surface area contributed by atoms with Gasteiger partial charge in [-0.1, -0.05) is 0 Å². The minimum absolute atomic E-state index is 0.0661. The van der Waals surface area contributed by atoms with Gasteiger partial charge in [-0.05, 0) is 6.07 Å². The zero-order valence-corrected chi connectivity index (χ0v) is 7.98. The summed E-state index contributed by atoms with van der Waals surface area (Å²) in [5, 5.41) is -0.322. The van der Waals surface area contributed by atoms with Crippen molar-refractivity contribution in [2.45, 2.75) is 6.54 Å². The largest absolute Gasteiger partial charge is 0.326 e. The van der Waals surface area contributed by atoms with Crippen LogP contribution in [0.15, 0.2) is 16.9 Å². The molecule has 0 amide bonds. The molecule has 1 aromatic heterocycles. The fourth-order valence-corrected chi connectivity index (χ4v) is 1.46. The lowest BCUT2D eigenvalue weighted by Crippen LogP contribution is -2.16. The van der Waals surface area contributed by atoms with Gasteiger partial charge in [-0.2, -0.15) is 0 Å². The van der Waals surface area contributed by atoms with Crippen molar-refractivity contribution in [2.24, 2.45) is 5.73 Å². The molecule has 0 saturated carbocycles. The Hall–Kier alpha value is -1.82. The third-order valence-corrected chi connectivity index (χ3v) is 2.28. The van der Waals surface area contributed by atoms with Gasteiger partial charge in [-0.3, -0.25) is 4.79 Å². The molecule has 0 saturated heterocycles. The van der Waals surface area contributed by atoms with Gasteiger partial charge >= 0.3 is 0 Å². The Kier molecular flexibility index (Phi) is 2.43. The normalized spacial score (nSPS) is 11.0. The van der Waals surface area contributed by atoms with Crippen molar-refractivity contribution < 1.29 is 13.2 Å². The highest BCUT2D eigenvalue weighted by Gasteiger charge is 2.14. The van der Waals surface area contributed by atoms with E-state index in [1.807, 2.05) is 0 Å². The van der Waals surface area contributed by atoms with Gasteiger partial charge in [0.2, 0.25) is 0 Å². The molecule has 1 heterocycles. The first-order valence-electron chi connectivity index (χ1n) is 4.44. The molecule has 0 aliphatic rings. The third kappa shape index (κ3) is 1.47. The van der Waals surface area contributed by atoms with Crippen LogP contribution in [0.25, 0.3) is 10.9 Å². The van der Waals surface area contributed by atoms with Crippen LogP contribution in [0.1, 0.15) is 5.56 Å². The smallest absolute Gasteiger partial charge is 0.253 e. The van der Waals surface area contributed by atoms with E-state index in [4.69, 9.17) is 5.73 Å². The van der Waals surface area contributed by atoms with Crippen molar-refractivity contribution >= 4 is 10.9 Å². The van der Waals surface area contributed by atoms with E-state index in [0.717, 1.165) is 6.07 Å². The van der Waals surface area contributed by atoms with Crippen molar-refractivity contribution in [3.8, 4) is 0 Å². The number of nitrogens with two attached hydrogens (primary N) is 1. The van der Waals surface area contributed by atoms with E-state index in [0.29, 0.717) is 6.07 Å². The Bertz CT molecular complexity index is 621. The van der Waals surface area contributed by atoms with Gasteiger partial charge in [0.05, 0.1) is 5.52 Å². The van der Waals surface area contributed by atoms with Crippen LogP contribution in [0.2, 0.25) is 0 Å². The van der Waals surface area contributed by atoms with E-state index in [-0.39, 0.29) is 23.0 Å². The summed E-state index contributed by atoms with van der Waals surface area (Å²) in [6, 6.07) is 1.44. The van der Waals surface area contributed by atoms with Crippen LogP contribution in [-0.2, 0) is 6.54 Å². The number of aromatic amines is 1. The number of hydrogen-bond acceptors (Lipinski definition) is 2. The van der Waals surface area contributed by atoms with Gasteiger partial charge in [0.25, 0.3) is 5.56 Å². The summed E-state index contributed by atoms with van der Waals surface area (Å²) in [7, 11) is 0. The second kappa shape index (κ2) is 3.64. The first-order chi connectivity index (χ1) is 7.54. The summed E-state index contributed by atoms with van der Waals surface area (Å²) in [5.74, 6) is -3.53. The van der Waals surface area contributed by atoms with Crippen LogP contribution in [0.5, 0.6) is 0 Å². The fraction of sp³-hybridized carbons (Fsp3) is 0.100.